The summed E-state index contributed by atoms with van der Waals surface area (Å²) in [6, 6.07) is 5.48. The molecule has 16 heavy (non-hydrogen) atoms. The van der Waals surface area contributed by atoms with Crippen LogP contribution in [0.4, 0.5) is 5.69 Å². The van der Waals surface area contributed by atoms with Crippen LogP contribution in [0, 0.1) is 0 Å². The summed E-state index contributed by atoms with van der Waals surface area (Å²) in [7, 11) is 3.21. The molecule has 1 fully saturated rings. The van der Waals surface area contributed by atoms with Crippen LogP contribution >= 0.6 is 0 Å². The van der Waals surface area contributed by atoms with E-state index < -0.39 is 0 Å². The van der Waals surface area contributed by atoms with E-state index in [4.69, 9.17) is 9.47 Å². The molecule has 0 radical (unpaired) electrons. The molecule has 0 aromatic heterocycles. The summed E-state index contributed by atoms with van der Waals surface area (Å²) in [5.74, 6) is 1.58. The maximum absolute atomic E-state index is 11.7. The summed E-state index contributed by atoms with van der Waals surface area (Å²) in [6.45, 7) is 0.752. The van der Waals surface area contributed by atoms with Crippen molar-refractivity contribution in [3.05, 3.63) is 18.2 Å². The predicted molar refractivity (Wildman–Crippen MR) is 61.1 cm³/mol. The smallest absolute Gasteiger partial charge is 0.227 e. The molecule has 1 saturated heterocycles. The fourth-order valence-corrected chi connectivity index (χ4v) is 1.91. The lowest BCUT2D eigenvalue weighted by atomic mass is 10.2. The van der Waals surface area contributed by atoms with Crippen LogP contribution in [0.1, 0.15) is 12.8 Å². The second-order valence-electron chi connectivity index (χ2n) is 3.69. The molecule has 1 aliphatic rings. The zero-order valence-electron chi connectivity index (χ0n) is 9.53. The lowest BCUT2D eigenvalue weighted by molar-refractivity contribution is -0.117. The third kappa shape index (κ3) is 1.83. The molecule has 1 heterocycles. The Morgan fingerprint density at radius 3 is 2.62 bits per heavy atom. The van der Waals surface area contributed by atoms with Crippen molar-refractivity contribution in [2.75, 3.05) is 25.7 Å². The van der Waals surface area contributed by atoms with E-state index in [2.05, 4.69) is 0 Å². The maximum atomic E-state index is 11.7. The summed E-state index contributed by atoms with van der Waals surface area (Å²) in [5, 5.41) is 0. The van der Waals surface area contributed by atoms with E-state index in [1.807, 2.05) is 18.2 Å². The predicted octanol–water partition coefficient (Wildman–Crippen LogP) is 1.83. The molecule has 1 amide bonds. The molecule has 1 aromatic carbocycles. The Labute approximate surface area is 94.8 Å². The first-order valence-corrected chi connectivity index (χ1v) is 5.28. The summed E-state index contributed by atoms with van der Waals surface area (Å²) >= 11 is 0. The van der Waals surface area contributed by atoms with Crippen molar-refractivity contribution in [1.29, 1.82) is 0 Å². The van der Waals surface area contributed by atoms with Crippen molar-refractivity contribution in [3.8, 4) is 11.5 Å². The number of rotatable bonds is 3. The molecule has 2 rings (SSSR count). The van der Waals surface area contributed by atoms with Crippen molar-refractivity contribution in [3.63, 3.8) is 0 Å². The second kappa shape index (κ2) is 4.43. The molecule has 0 aliphatic carbocycles. The molecule has 86 valence electrons. The Morgan fingerprint density at radius 1 is 1.25 bits per heavy atom. The van der Waals surface area contributed by atoms with Crippen molar-refractivity contribution in [2.45, 2.75) is 12.8 Å². The van der Waals surface area contributed by atoms with Crippen LogP contribution < -0.4 is 14.4 Å². The summed E-state index contributed by atoms with van der Waals surface area (Å²) < 4.78 is 10.4. The molecule has 4 heteroatoms. The maximum Gasteiger partial charge on any atom is 0.227 e. The Hall–Kier alpha value is -1.71. The van der Waals surface area contributed by atoms with E-state index in [1.165, 1.54) is 0 Å². The van der Waals surface area contributed by atoms with Gasteiger partial charge in [0.05, 0.1) is 19.9 Å². The van der Waals surface area contributed by atoms with E-state index in [0.717, 1.165) is 24.4 Å². The van der Waals surface area contributed by atoms with Crippen LogP contribution in [-0.2, 0) is 4.79 Å². The quantitative estimate of drug-likeness (QED) is 0.781. The van der Waals surface area contributed by atoms with Crippen LogP contribution in [0.25, 0.3) is 0 Å². The number of carbonyl (C=O) groups is 1. The Balaban J connectivity index is 2.39. The highest BCUT2D eigenvalue weighted by Gasteiger charge is 2.24. The van der Waals surface area contributed by atoms with Gasteiger partial charge in [-0.1, -0.05) is 0 Å². The number of hydrogen-bond donors (Lipinski definition) is 0. The van der Waals surface area contributed by atoms with Gasteiger partial charge in [-0.05, 0) is 18.6 Å². The number of anilines is 1. The summed E-state index contributed by atoms with van der Waals surface area (Å²) in [5.41, 5.74) is 0.796. The van der Waals surface area contributed by atoms with Gasteiger partial charge >= 0.3 is 0 Å². The Bertz CT molecular complexity index is 403. The average Bonchev–Trinajstić information content (AvgIpc) is 2.74. The standard InChI is InChI=1S/C12H15NO3/c1-15-9-5-6-11(16-2)10(8-9)13-7-3-4-12(13)14/h5-6,8H,3-4,7H2,1-2H3. The normalized spacial score (nSPS) is 15.4. The zero-order chi connectivity index (χ0) is 11.5. The van der Waals surface area contributed by atoms with Crippen LogP contribution in [-0.4, -0.2) is 26.7 Å². The first-order valence-electron chi connectivity index (χ1n) is 5.28. The number of benzene rings is 1. The second-order valence-corrected chi connectivity index (χ2v) is 3.69. The summed E-state index contributed by atoms with van der Waals surface area (Å²) in [6.07, 6.45) is 1.51. The highest BCUT2D eigenvalue weighted by Crippen LogP contribution is 2.34. The molecule has 0 bridgehead atoms. The van der Waals surface area contributed by atoms with Gasteiger partial charge in [-0.3, -0.25) is 4.79 Å². The molecule has 1 aliphatic heterocycles. The van der Waals surface area contributed by atoms with E-state index >= 15 is 0 Å². The van der Waals surface area contributed by atoms with Gasteiger partial charge in [0, 0.05) is 19.0 Å². The van der Waals surface area contributed by atoms with Gasteiger partial charge in [0.15, 0.2) is 0 Å². The average molecular weight is 221 g/mol. The first kappa shape index (κ1) is 10.8. The zero-order valence-corrected chi connectivity index (χ0v) is 9.53. The topological polar surface area (TPSA) is 38.8 Å². The van der Waals surface area contributed by atoms with E-state index in [9.17, 15) is 4.79 Å². The lowest BCUT2D eigenvalue weighted by Crippen LogP contribution is -2.24. The number of carbonyl (C=O) groups excluding carboxylic acids is 1. The lowest BCUT2D eigenvalue weighted by Gasteiger charge is -2.19. The third-order valence-corrected chi connectivity index (χ3v) is 2.75. The monoisotopic (exact) mass is 221 g/mol. The van der Waals surface area contributed by atoms with Gasteiger partial charge in [0.1, 0.15) is 11.5 Å². The van der Waals surface area contributed by atoms with Gasteiger partial charge in [0.2, 0.25) is 5.91 Å². The van der Waals surface area contributed by atoms with E-state index in [0.29, 0.717) is 12.2 Å². The molecular weight excluding hydrogens is 206 g/mol. The fraction of sp³-hybridized carbons (Fsp3) is 0.417. The van der Waals surface area contributed by atoms with Crippen LogP contribution in [0.15, 0.2) is 18.2 Å². The minimum atomic E-state index is 0.145. The summed E-state index contributed by atoms with van der Waals surface area (Å²) in [4.78, 5) is 13.4. The molecule has 0 unspecified atom stereocenters. The fourth-order valence-electron chi connectivity index (χ4n) is 1.91. The van der Waals surface area contributed by atoms with Crippen LogP contribution in [0.2, 0.25) is 0 Å². The number of methoxy groups -OCH3 is 2. The van der Waals surface area contributed by atoms with Crippen molar-refractivity contribution in [1.82, 2.24) is 0 Å². The van der Waals surface area contributed by atoms with Gasteiger partial charge in [-0.2, -0.15) is 0 Å². The van der Waals surface area contributed by atoms with Gasteiger partial charge in [-0.25, -0.2) is 0 Å². The van der Waals surface area contributed by atoms with Crippen molar-refractivity contribution < 1.29 is 14.3 Å². The van der Waals surface area contributed by atoms with Gasteiger partial charge in [-0.15, -0.1) is 0 Å². The first-order chi connectivity index (χ1) is 7.76. The van der Waals surface area contributed by atoms with Gasteiger partial charge in [0.25, 0.3) is 0 Å². The third-order valence-electron chi connectivity index (χ3n) is 2.75. The largest absolute Gasteiger partial charge is 0.497 e. The number of ether oxygens (including phenoxy) is 2. The highest BCUT2D eigenvalue weighted by atomic mass is 16.5. The van der Waals surface area contributed by atoms with Gasteiger partial charge < -0.3 is 14.4 Å². The van der Waals surface area contributed by atoms with Crippen LogP contribution in [0.5, 0.6) is 11.5 Å². The van der Waals surface area contributed by atoms with Crippen LogP contribution in [0.3, 0.4) is 0 Å². The molecule has 0 saturated carbocycles. The van der Waals surface area contributed by atoms with E-state index in [-0.39, 0.29) is 5.91 Å². The minimum absolute atomic E-state index is 0.145. The molecule has 0 spiro atoms. The molecular formula is C12H15NO3. The van der Waals surface area contributed by atoms with Crippen molar-refractivity contribution >= 4 is 11.6 Å². The molecule has 1 aromatic rings. The minimum Gasteiger partial charge on any atom is -0.497 e. The Morgan fingerprint density at radius 2 is 2.06 bits per heavy atom. The Kier molecular flexibility index (Phi) is 2.99. The highest BCUT2D eigenvalue weighted by molar-refractivity contribution is 5.97. The number of hydrogen-bond acceptors (Lipinski definition) is 3. The number of amides is 1. The molecule has 0 atom stereocenters. The molecule has 0 N–H and O–H groups in total. The SMILES string of the molecule is COc1ccc(OC)c(N2CCCC2=O)c1. The number of nitrogens with zero attached hydrogens (tertiary/aromatic N) is 1. The van der Waals surface area contributed by atoms with E-state index in [1.54, 1.807) is 19.1 Å². The molecule has 4 nitrogen and oxygen atoms in total. The van der Waals surface area contributed by atoms with Crippen molar-refractivity contribution in [2.24, 2.45) is 0 Å².